The third-order valence-electron chi connectivity index (χ3n) is 3.50. The molecule has 3 rings (SSSR count). The molecule has 1 heterocycles. The molecule has 0 saturated carbocycles. The summed E-state index contributed by atoms with van der Waals surface area (Å²) in [6.45, 7) is 0. The summed E-state index contributed by atoms with van der Waals surface area (Å²) in [6, 6.07) is 10.8. The zero-order valence-electron chi connectivity index (χ0n) is 12.1. The summed E-state index contributed by atoms with van der Waals surface area (Å²) in [7, 11) is 3.05. The van der Waals surface area contributed by atoms with Gasteiger partial charge >= 0.3 is 0 Å². The van der Waals surface area contributed by atoms with Crippen LogP contribution in [0.4, 0.5) is 4.39 Å². The highest BCUT2D eigenvalue weighted by molar-refractivity contribution is 5.89. The molecule has 0 radical (unpaired) electrons. The van der Waals surface area contributed by atoms with Crippen LogP contribution in [0.3, 0.4) is 0 Å². The van der Waals surface area contributed by atoms with Crippen LogP contribution in [0.25, 0.3) is 22.2 Å². The van der Waals surface area contributed by atoms with Gasteiger partial charge in [0.1, 0.15) is 5.82 Å². The minimum atomic E-state index is -0.328. The number of nitrogens with one attached hydrogen (secondary N) is 1. The highest BCUT2D eigenvalue weighted by atomic mass is 19.1. The third kappa shape index (κ3) is 2.30. The van der Waals surface area contributed by atoms with E-state index in [0.717, 1.165) is 0 Å². The second-order valence-corrected chi connectivity index (χ2v) is 4.78. The number of halogens is 1. The first-order valence-corrected chi connectivity index (χ1v) is 6.68. The molecule has 0 aliphatic rings. The molecule has 1 N–H and O–H groups in total. The molecule has 22 heavy (non-hydrogen) atoms. The van der Waals surface area contributed by atoms with E-state index in [2.05, 4.69) is 4.98 Å². The summed E-state index contributed by atoms with van der Waals surface area (Å²) >= 11 is 0. The maximum atomic E-state index is 13.0. The molecule has 2 aromatic carbocycles. The van der Waals surface area contributed by atoms with Crippen LogP contribution in [0.2, 0.25) is 0 Å². The van der Waals surface area contributed by atoms with Gasteiger partial charge in [0.05, 0.1) is 19.7 Å². The van der Waals surface area contributed by atoms with E-state index in [0.29, 0.717) is 33.7 Å². The molecule has 112 valence electrons. The van der Waals surface area contributed by atoms with Crippen molar-refractivity contribution >= 4 is 10.9 Å². The Labute approximate surface area is 126 Å². The van der Waals surface area contributed by atoms with Crippen LogP contribution in [0.15, 0.2) is 47.3 Å². The van der Waals surface area contributed by atoms with Crippen molar-refractivity contribution in [2.45, 2.75) is 0 Å². The van der Waals surface area contributed by atoms with Crippen molar-refractivity contribution in [1.29, 1.82) is 0 Å². The Kier molecular flexibility index (Phi) is 3.55. The Morgan fingerprint density at radius 3 is 2.36 bits per heavy atom. The lowest BCUT2D eigenvalue weighted by Gasteiger charge is -2.12. The molecule has 0 spiro atoms. The smallest absolute Gasteiger partial charge is 0.190 e. The Morgan fingerprint density at radius 1 is 1.00 bits per heavy atom. The third-order valence-corrected chi connectivity index (χ3v) is 3.50. The molecule has 5 heteroatoms. The van der Waals surface area contributed by atoms with E-state index >= 15 is 0 Å². The largest absolute Gasteiger partial charge is 0.493 e. The van der Waals surface area contributed by atoms with Crippen LogP contribution in [0.5, 0.6) is 11.5 Å². The first-order valence-electron chi connectivity index (χ1n) is 6.68. The van der Waals surface area contributed by atoms with Crippen molar-refractivity contribution in [1.82, 2.24) is 4.98 Å². The highest BCUT2D eigenvalue weighted by Crippen LogP contribution is 2.33. The van der Waals surface area contributed by atoms with Crippen molar-refractivity contribution in [3.63, 3.8) is 0 Å². The molecule has 0 aliphatic carbocycles. The molecular formula is C17H14FNO3. The van der Waals surface area contributed by atoms with Crippen molar-refractivity contribution in [3.05, 3.63) is 58.5 Å². The van der Waals surface area contributed by atoms with Crippen LogP contribution in [0, 0.1) is 5.82 Å². The number of ether oxygens (including phenoxy) is 2. The van der Waals surface area contributed by atoms with Gasteiger partial charge in [0.25, 0.3) is 0 Å². The van der Waals surface area contributed by atoms with Gasteiger partial charge in [-0.3, -0.25) is 4.79 Å². The zero-order valence-corrected chi connectivity index (χ0v) is 12.1. The predicted molar refractivity (Wildman–Crippen MR) is 83.1 cm³/mol. The van der Waals surface area contributed by atoms with Crippen LogP contribution in [-0.2, 0) is 0 Å². The van der Waals surface area contributed by atoms with E-state index in [-0.39, 0.29) is 11.2 Å². The number of aromatic nitrogens is 1. The minimum absolute atomic E-state index is 0.144. The standard InChI is InChI=1S/C17H14FNO3/c1-21-15-8-7-12-14(20)9-13(19-16(12)17(15)22-2)10-3-5-11(18)6-4-10/h3-9H,1-2H3,(H,19,20). The molecule has 0 aliphatic heterocycles. The summed E-state index contributed by atoms with van der Waals surface area (Å²) in [5.41, 5.74) is 1.71. The Hall–Kier alpha value is -2.82. The van der Waals surface area contributed by atoms with Crippen LogP contribution >= 0.6 is 0 Å². The number of hydrogen-bond acceptors (Lipinski definition) is 3. The first-order chi connectivity index (χ1) is 10.6. The van der Waals surface area contributed by atoms with E-state index in [1.807, 2.05) is 0 Å². The lowest BCUT2D eigenvalue weighted by molar-refractivity contribution is 0.358. The number of aromatic amines is 1. The fourth-order valence-corrected chi connectivity index (χ4v) is 2.42. The molecule has 0 unspecified atom stereocenters. The fraction of sp³-hybridized carbons (Fsp3) is 0.118. The number of rotatable bonds is 3. The van der Waals surface area contributed by atoms with Gasteiger partial charge in [0, 0.05) is 17.1 Å². The highest BCUT2D eigenvalue weighted by Gasteiger charge is 2.13. The van der Waals surface area contributed by atoms with Gasteiger partial charge in [-0.15, -0.1) is 0 Å². The average Bonchev–Trinajstić information content (AvgIpc) is 2.54. The molecule has 3 aromatic rings. The van der Waals surface area contributed by atoms with Crippen molar-refractivity contribution in [2.24, 2.45) is 0 Å². The monoisotopic (exact) mass is 299 g/mol. The van der Waals surface area contributed by atoms with Gasteiger partial charge in [0.15, 0.2) is 16.9 Å². The predicted octanol–water partition coefficient (Wildman–Crippen LogP) is 3.35. The molecule has 1 aromatic heterocycles. The number of pyridine rings is 1. The number of methoxy groups -OCH3 is 2. The van der Waals surface area contributed by atoms with Crippen molar-refractivity contribution in [2.75, 3.05) is 14.2 Å². The summed E-state index contributed by atoms with van der Waals surface area (Å²) in [6.07, 6.45) is 0. The lowest BCUT2D eigenvalue weighted by Crippen LogP contribution is -2.05. The van der Waals surface area contributed by atoms with Gasteiger partial charge < -0.3 is 14.5 Å². The quantitative estimate of drug-likeness (QED) is 0.807. The van der Waals surface area contributed by atoms with Crippen molar-refractivity contribution < 1.29 is 13.9 Å². The van der Waals surface area contributed by atoms with Gasteiger partial charge in [0.2, 0.25) is 0 Å². The normalized spacial score (nSPS) is 10.7. The topological polar surface area (TPSA) is 51.3 Å². The summed E-state index contributed by atoms with van der Waals surface area (Å²) in [4.78, 5) is 15.5. The summed E-state index contributed by atoms with van der Waals surface area (Å²) in [5, 5.41) is 0.503. The maximum Gasteiger partial charge on any atom is 0.190 e. The first kappa shape index (κ1) is 14.1. The van der Waals surface area contributed by atoms with Crippen molar-refractivity contribution in [3.8, 4) is 22.8 Å². The van der Waals surface area contributed by atoms with Crippen LogP contribution < -0.4 is 14.9 Å². The SMILES string of the molecule is COc1ccc2c(=O)cc(-c3ccc(F)cc3)[nH]c2c1OC. The maximum absolute atomic E-state index is 13.0. The Balaban J connectivity index is 2.30. The fourth-order valence-electron chi connectivity index (χ4n) is 2.42. The molecule has 0 atom stereocenters. The Morgan fingerprint density at radius 2 is 1.73 bits per heavy atom. The van der Waals surface area contributed by atoms with E-state index in [4.69, 9.17) is 9.47 Å². The van der Waals surface area contributed by atoms with E-state index in [1.165, 1.54) is 32.4 Å². The summed E-state index contributed by atoms with van der Waals surface area (Å²) in [5.74, 6) is 0.661. The number of benzene rings is 2. The van der Waals surface area contributed by atoms with Gasteiger partial charge in [-0.1, -0.05) is 0 Å². The van der Waals surface area contributed by atoms with Crippen LogP contribution in [-0.4, -0.2) is 19.2 Å². The van der Waals surface area contributed by atoms with Gasteiger partial charge in [-0.05, 0) is 42.0 Å². The number of H-pyrrole nitrogens is 1. The molecule has 0 amide bonds. The molecule has 0 bridgehead atoms. The van der Waals surface area contributed by atoms with Gasteiger partial charge in [-0.2, -0.15) is 0 Å². The second kappa shape index (κ2) is 5.52. The molecule has 0 saturated heterocycles. The van der Waals surface area contributed by atoms with E-state index in [1.54, 1.807) is 24.3 Å². The number of hydrogen-bond donors (Lipinski definition) is 1. The second-order valence-electron chi connectivity index (χ2n) is 4.78. The van der Waals surface area contributed by atoms with E-state index in [9.17, 15) is 9.18 Å². The number of fused-ring (bicyclic) bond motifs is 1. The average molecular weight is 299 g/mol. The van der Waals surface area contributed by atoms with E-state index < -0.39 is 0 Å². The lowest BCUT2D eigenvalue weighted by atomic mass is 10.1. The zero-order chi connectivity index (χ0) is 15.7. The molecule has 4 nitrogen and oxygen atoms in total. The molecule has 0 fully saturated rings. The van der Waals surface area contributed by atoms with Gasteiger partial charge in [-0.25, -0.2) is 4.39 Å². The summed E-state index contributed by atoms with van der Waals surface area (Å²) < 4.78 is 23.7. The van der Waals surface area contributed by atoms with Crippen LogP contribution in [0.1, 0.15) is 0 Å². The molecular weight excluding hydrogens is 285 g/mol. The minimum Gasteiger partial charge on any atom is -0.493 e. The Bertz CT molecular complexity index is 885.